The Hall–Kier alpha value is -0.790. The maximum atomic E-state index is 12.0. The van der Waals surface area contributed by atoms with Crippen molar-refractivity contribution in [1.82, 2.24) is 0 Å². The topological polar surface area (TPSA) is 26.3 Å². The van der Waals surface area contributed by atoms with Crippen molar-refractivity contribution in [3.8, 4) is 0 Å². The molecule has 0 fully saturated rings. The Kier molecular flexibility index (Phi) is 52.5. The van der Waals surface area contributed by atoms with E-state index >= 15 is 0 Å². The van der Waals surface area contributed by atoms with Crippen LogP contribution in [0.3, 0.4) is 0 Å². The highest BCUT2D eigenvalue weighted by Crippen LogP contribution is 2.18. The zero-order valence-electron chi connectivity index (χ0n) is 39.8. The van der Waals surface area contributed by atoms with E-state index in [9.17, 15) is 4.79 Å². The van der Waals surface area contributed by atoms with Gasteiger partial charge in [-0.05, 0) is 38.5 Å². The van der Waals surface area contributed by atoms with E-state index in [1.54, 1.807) is 0 Å². The second kappa shape index (κ2) is 53.2. The fourth-order valence-corrected chi connectivity index (χ4v) is 8.61. The monoisotopic (exact) mass is 801 g/mol. The van der Waals surface area contributed by atoms with Crippen LogP contribution >= 0.6 is 0 Å². The zero-order valence-corrected chi connectivity index (χ0v) is 39.8. The van der Waals surface area contributed by atoms with Crippen LogP contribution in [0.2, 0.25) is 0 Å². The Morgan fingerprint density at radius 1 is 0.281 bits per heavy atom. The molecule has 0 aromatic carbocycles. The predicted molar refractivity (Wildman–Crippen MR) is 258 cm³/mol. The highest BCUT2D eigenvalue weighted by molar-refractivity contribution is 5.69. The summed E-state index contributed by atoms with van der Waals surface area (Å²) in [6.07, 6.45) is 72.4. The highest BCUT2D eigenvalue weighted by Gasteiger charge is 2.03. The molecule has 0 aliphatic rings. The molecule has 2 heteroatoms. The van der Waals surface area contributed by atoms with Gasteiger partial charge < -0.3 is 4.74 Å². The lowest BCUT2D eigenvalue weighted by atomic mass is 10.0. The third-order valence-corrected chi connectivity index (χ3v) is 12.7. The van der Waals surface area contributed by atoms with Crippen LogP contribution in [0.25, 0.3) is 0 Å². The van der Waals surface area contributed by atoms with E-state index in [2.05, 4.69) is 26.0 Å². The lowest BCUT2D eigenvalue weighted by Gasteiger charge is -2.06. The van der Waals surface area contributed by atoms with E-state index in [0.717, 1.165) is 12.8 Å². The van der Waals surface area contributed by atoms with Crippen molar-refractivity contribution in [2.75, 3.05) is 6.61 Å². The molecule has 0 rings (SSSR count). The third-order valence-electron chi connectivity index (χ3n) is 12.7. The summed E-state index contributed by atoms with van der Waals surface area (Å²) >= 11 is 0. The van der Waals surface area contributed by atoms with Crippen molar-refractivity contribution in [2.45, 2.75) is 328 Å². The maximum Gasteiger partial charge on any atom is 0.305 e. The van der Waals surface area contributed by atoms with Crippen LogP contribution < -0.4 is 0 Å². The molecule has 0 aromatic heterocycles. The predicted octanol–water partition coefficient (Wildman–Crippen LogP) is 20.2. The molecule has 57 heavy (non-hydrogen) atoms. The van der Waals surface area contributed by atoms with Gasteiger partial charge in [0.15, 0.2) is 0 Å². The number of carbonyl (C=O) groups is 1. The van der Waals surface area contributed by atoms with Crippen LogP contribution in [-0.2, 0) is 9.53 Å². The van der Waals surface area contributed by atoms with Crippen LogP contribution in [0.15, 0.2) is 12.2 Å². The average molecular weight is 801 g/mol. The minimum Gasteiger partial charge on any atom is -0.466 e. The van der Waals surface area contributed by atoms with Crippen molar-refractivity contribution in [3.05, 3.63) is 12.2 Å². The van der Waals surface area contributed by atoms with Gasteiger partial charge in [-0.3, -0.25) is 4.79 Å². The smallest absolute Gasteiger partial charge is 0.305 e. The molecule has 0 aromatic rings. The molecule has 0 saturated carbocycles. The minimum atomic E-state index is 0.0265. The summed E-state index contributed by atoms with van der Waals surface area (Å²) in [5, 5.41) is 0. The van der Waals surface area contributed by atoms with Gasteiger partial charge in [-0.2, -0.15) is 0 Å². The van der Waals surface area contributed by atoms with Crippen LogP contribution in [0, 0.1) is 0 Å². The van der Waals surface area contributed by atoms with Crippen molar-refractivity contribution >= 4 is 5.97 Å². The van der Waals surface area contributed by atoms with Crippen molar-refractivity contribution in [3.63, 3.8) is 0 Å². The van der Waals surface area contributed by atoms with Gasteiger partial charge >= 0.3 is 5.97 Å². The number of allylic oxidation sites excluding steroid dienone is 2. The number of rotatable bonds is 51. The molecule has 0 radical (unpaired) electrons. The first-order valence-electron chi connectivity index (χ1n) is 27.1. The molecule has 2 nitrogen and oxygen atoms in total. The fourth-order valence-electron chi connectivity index (χ4n) is 8.61. The molecule has 0 heterocycles. The average Bonchev–Trinajstić information content (AvgIpc) is 3.22. The zero-order chi connectivity index (χ0) is 41.1. The number of unbranched alkanes of at least 4 members (excludes halogenated alkanes) is 45. The van der Waals surface area contributed by atoms with Gasteiger partial charge in [-0.15, -0.1) is 0 Å². The largest absolute Gasteiger partial charge is 0.466 e. The summed E-state index contributed by atoms with van der Waals surface area (Å²) in [7, 11) is 0. The SMILES string of the molecule is CCCCCCCC/C=C/CCCCCCCCOC(=O)CCCCCCCCCCCCCCCCCCCCCCCCCCCCCCCCCCCC. The number of hydrogen-bond donors (Lipinski definition) is 0. The number of ether oxygens (including phenoxy) is 1. The van der Waals surface area contributed by atoms with E-state index in [4.69, 9.17) is 4.74 Å². The second-order valence-electron chi connectivity index (χ2n) is 18.6. The molecule has 0 aliphatic carbocycles. The fraction of sp³-hybridized carbons (Fsp3) is 0.945. The lowest BCUT2D eigenvalue weighted by Crippen LogP contribution is -2.05. The molecule has 0 amide bonds. The van der Waals surface area contributed by atoms with Crippen LogP contribution in [0.5, 0.6) is 0 Å². The first kappa shape index (κ1) is 56.2. The Bertz CT molecular complexity index is 743. The van der Waals surface area contributed by atoms with Gasteiger partial charge in [0.25, 0.3) is 0 Å². The standard InChI is InChI=1S/C55H108O2/c1-3-5-7-9-11-13-15-17-19-21-22-23-24-25-26-27-28-29-30-31-32-33-34-35-36-37-38-39-41-43-45-47-49-51-53-55(56)57-54-52-50-48-46-44-42-40-20-18-16-14-12-10-8-6-4-2/h18,20H,3-17,19,21-54H2,1-2H3/b20-18+. The van der Waals surface area contributed by atoms with Gasteiger partial charge in [0.05, 0.1) is 6.61 Å². The van der Waals surface area contributed by atoms with Gasteiger partial charge in [0.1, 0.15) is 0 Å². The van der Waals surface area contributed by atoms with Gasteiger partial charge in [0.2, 0.25) is 0 Å². The number of carbonyl (C=O) groups excluding carboxylic acids is 1. The molecule has 0 bridgehead atoms. The molecular weight excluding hydrogens is 693 g/mol. The summed E-state index contributed by atoms with van der Waals surface area (Å²) < 4.78 is 5.48. The molecule has 0 spiro atoms. The number of hydrogen-bond acceptors (Lipinski definition) is 2. The van der Waals surface area contributed by atoms with E-state index in [-0.39, 0.29) is 5.97 Å². The molecule has 340 valence electrons. The van der Waals surface area contributed by atoms with E-state index < -0.39 is 0 Å². The molecule has 0 unspecified atom stereocenters. The van der Waals surface area contributed by atoms with Gasteiger partial charge in [0, 0.05) is 6.42 Å². The minimum absolute atomic E-state index is 0.0265. The van der Waals surface area contributed by atoms with Gasteiger partial charge in [-0.25, -0.2) is 0 Å². The summed E-state index contributed by atoms with van der Waals surface area (Å²) in [6.45, 7) is 5.22. The molecular formula is C55H108O2. The Balaban J connectivity index is 3.15. The van der Waals surface area contributed by atoms with E-state index in [1.807, 2.05) is 0 Å². The normalized spacial score (nSPS) is 11.7. The summed E-state index contributed by atoms with van der Waals surface area (Å²) in [5.41, 5.74) is 0. The Morgan fingerprint density at radius 2 is 0.491 bits per heavy atom. The third kappa shape index (κ3) is 53.2. The first-order chi connectivity index (χ1) is 28.3. The van der Waals surface area contributed by atoms with Crippen LogP contribution in [0.4, 0.5) is 0 Å². The van der Waals surface area contributed by atoms with Crippen LogP contribution in [-0.4, -0.2) is 12.6 Å². The second-order valence-corrected chi connectivity index (χ2v) is 18.6. The molecule has 0 saturated heterocycles. The quantitative estimate of drug-likeness (QED) is 0.0348. The maximum absolute atomic E-state index is 12.0. The summed E-state index contributed by atoms with van der Waals surface area (Å²) in [6, 6.07) is 0. The summed E-state index contributed by atoms with van der Waals surface area (Å²) in [4.78, 5) is 12.0. The van der Waals surface area contributed by atoms with E-state index in [0.29, 0.717) is 13.0 Å². The van der Waals surface area contributed by atoms with Crippen molar-refractivity contribution < 1.29 is 9.53 Å². The summed E-state index contributed by atoms with van der Waals surface area (Å²) in [5.74, 6) is 0.0265. The first-order valence-corrected chi connectivity index (χ1v) is 27.1. The molecule has 0 N–H and O–H groups in total. The number of esters is 1. The van der Waals surface area contributed by atoms with Crippen molar-refractivity contribution in [2.24, 2.45) is 0 Å². The molecule has 0 atom stereocenters. The highest BCUT2D eigenvalue weighted by atomic mass is 16.5. The Morgan fingerprint density at radius 3 is 0.754 bits per heavy atom. The lowest BCUT2D eigenvalue weighted by molar-refractivity contribution is -0.143. The van der Waals surface area contributed by atoms with E-state index in [1.165, 1.54) is 295 Å². The Labute approximate surface area is 361 Å². The van der Waals surface area contributed by atoms with Crippen molar-refractivity contribution in [1.29, 1.82) is 0 Å². The van der Waals surface area contributed by atoms with Gasteiger partial charge in [-0.1, -0.05) is 296 Å². The van der Waals surface area contributed by atoms with Crippen LogP contribution in [0.1, 0.15) is 328 Å². The molecule has 0 aliphatic heterocycles.